The highest BCUT2D eigenvalue weighted by Crippen LogP contribution is 2.47. The molecule has 2 aliphatic rings. The smallest absolute Gasteiger partial charge is 0.228 e. The first-order chi connectivity index (χ1) is 14.4. The molecule has 0 bridgehead atoms. The summed E-state index contributed by atoms with van der Waals surface area (Å²) in [7, 11) is 1.92. The van der Waals surface area contributed by atoms with E-state index in [1.165, 1.54) is 0 Å². The van der Waals surface area contributed by atoms with Crippen LogP contribution in [0.5, 0.6) is 0 Å². The molecule has 1 amide bonds. The Hall–Kier alpha value is -2.70. The van der Waals surface area contributed by atoms with Crippen LogP contribution in [0.3, 0.4) is 0 Å². The van der Waals surface area contributed by atoms with Gasteiger partial charge in [-0.3, -0.25) is 9.48 Å². The Kier molecular flexibility index (Phi) is 4.45. The van der Waals surface area contributed by atoms with E-state index in [1.807, 2.05) is 25.8 Å². The Balaban J connectivity index is 1.48. The third-order valence-electron chi connectivity index (χ3n) is 6.83. The van der Waals surface area contributed by atoms with Gasteiger partial charge in [-0.1, -0.05) is 6.92 Å². The van der Waals surface area contributed by atoms with Crippen molar-refractivity contribution in [3.05, 3.63) is 30.5 Å². The van der Waals surface area contributed by atoms with Crippen LogP contribution in [0.15, 0.2) is 24.8 Å². The van der Waals surface area contributed by atoms with Crippen molar-refractivity contribution in [1.82, 2.24) is 29.2 Å². The Morgan fingerprint density at radius 3 is 2.57 bits per heavy atom. The van der Waals surface area contributed by atoms with E-state index in [4.69, 9.17) is 9.97 Å². The van der Waals surface area contributed by atoms with Gasteiger partial charge in [-0.15, -0.1) is 0 Å². The minimum absolute atomic E-state index is 0.0821. The number of piperidine rings is 1. The second-order valence-corrected chi connectivity index (χ2v) is 9.54. The zero-order chi connectivity index (χ0) is 21.0. The third-order valence-corrected chi connectivity index (χ3v) is 6.83. The van der Waals surface area contributed by atoms with Gasteiger partial charge in [-0.25, -0.2) is 9.97 Å². The molecule has 0 spiro atoms. The van der Waals surface area contributed by atoms with Crippen LogP contribution < -0.4 is 0 Å². The number of carbonyl (C=O) groups excluding carboxylic acids is 1. The van der Waals surface area contributed by atoms with Gasteiger partial charge in [0, 0.05) is 55.0 Å². The fourth-order valence-corrected chi connectivity index (χ4v) is 4.58. The number of amides is 1. The molecule has 0 aromatic carbocycles. The van der Waals surface area contributed by atoms with Crippen molar-refractivity contribution in [2.45, 2.75) is 58.4 Å². The number of rotatable bonds is 4. The summed E-state index contributed by atoms with van der Waals surface area (Å²) in [6.45, 7) is 8.10. The van der Waals surface area contributed by atoms with Gasteiger partial charge in [0.25, 0.3) is 0 Å². The van der Waals surface area contributed by atoms with Crippen LogP contribution in [-0.4, -0.2) is 48.2 Å². The summed E-state index contributed by atoms with van der Waals surface area (Å²) >= 11 is 0. The Morgan fingerprint density at radius 1 is 1.23 bits per heavy atom. The van der Waals surface area contributed by atoms with Crippen molar-refractivity contribution < 1.29 is 4.79 Å². The minimum atomic E-state index is -0.0821. The van der Waals surface area contributed by atoms with Crippen LogP contribution in [-0.2, 0) is 11.8 Å². The standard InChI is InChI=1S/C23H30N6O/c1-15(2)29-14-24-21-19(29)11-18(26-20(21)17-12-25-27(4)13-17)16-5-9-28(10-6-16)22(30)23(3)7-8-23/h11-16H,5-10H2,1-4H3. The number of hydrogen-bond donors (Lipinski definition) is 0. The van der Waals surface area contributed by atoms with E-state index in [0.29, 0.717) is 17.9 Å². The Bertz CT molecular complexity index is 1100. The van der Waals surface area contributed by atoms with E-state index >= 15 is 0 Å². The van der Waals surface area contributed by atoms with Crippen molar-refractivity contribution in [3.8, 4) is 11.3 Å². The predicted molar refractivity (Wildman–Crippen MR) is 116 cm³/mol. The molecule has 5 rings (SSSR count). The summed E-state index contributed by atoms with van der Waals surface area (Å²) < 4.78 is 4.02. The summed E-state index contributed by atoms with van der Waals surface area (Å²) in [5.41, 5.74) is 4.97. The predicted octanol–water partition coefficient (Wildman–Crippen LogP) is 3.92. The number of likely N-dealkylation sites (tertiary alicyclic amines) is 1. The van der Waals surface area contributed by atoms with Gasteiger partial charge in [0.15, 0.2) is 0 Å². The molecule has 7 nitrogen and oxygen atoms in total. The first kappa shape index (κ1) is 19.3. The van der Waals surface area contributed by atoms with E-state index in [-0.39, 0.29) is 5.41 Å². The van der Waals surface area contributed by atoms with Gasteiger partial charge in [0.2, 0.25) is 5.91 Å². The van der Waals surface area contributed by atoms with Crippen LogP contribution in [0.1, 0.15) is 64.1 Å². The number of hydrogen-bond acceptors (Lipinski definition) is 4. The van der Waals surface area contributed by atoms with Crippen molar-refractivity contribution >= 4 is 16.9 Å². The lowest BCUT2D eigenvalue weighted by molar-refractivity contribution is -0.137. The molecule has 1 saturated heterocycles. The monoisotopic (exact) mass is 406 g/mol. The second kappa shape index (κ2) is 6.93. The van der Waals surface area contributed by atoms with Gasteiger partial charge in [0.1, 0.15) is 11.2 Å². The molecule has 1 aliphatic carbocycles. The van der Waals surface area contributed by atoms with Crippen LogP contribution >= 0.6 is 0 Å². The molecule has 0 radical (unpaired) electrons. The molecule has 3 aromatic rings. The van der Waals surface area contributed by atoms with Crippen LogP contribution in [0.2, 0.25) is 0 Å². The zero-order valence-electron chi connectivity index (χ0n) is 18.3. The number of imidazole rings is 1. The number of nitrogens with zero attached hydrogens (tertiary/aromatic N) is 6. The van der Waals surface area contributed by atoms with Crippen molar-refractivity contribution in [3.63, 3.8) is 0 Å². The van der Waals surface area contributed by atoms with Crippen molar-refractivity contribution in [1.29, 1.82) is 0 Å². The molecule has 0 unspecified atom stereocenters. The highest BCUT2D eigenvalue weighted by atomic mass is 16.2. The van der Waals surface area contributed by atoms with E-state index in [9.17, 15) is 4.79 Å². The lowest BCUT2D eigenvalue weighted by atomic mass is 9.91. The average Bonchev–Trinajstić information content (AvgIpc) is 3.14. The summed E-state index contributed by atoms with van der Waals surface area (Å²) in [6, 6.07) is 2.54. The molecule has 158 valence electrons. The summed E-state index contributed by atoms with van der Waals surface area (Å²) in [5, 5.41) is 4.34. The maximum atomic E-state index is 12.7. The first-order valence-electron chi connectivity index (χ1n) is 11.0. The number of aromatic nitrogens is 5. The SMILES string of the molecule is CC(C)n1cnc2c(-c3cnn(C)c3)nc(C3CCN(C(=O)C4(C)CC4)CC3)cc21. The van der Waals surface area contributed by atoms with Crippen molar-refractivity contribution in [2.24, 2.45) is 12.5 Å². The summed E-state index contributed by atoms with van der Waals surface area (Å²) in [4.78, 5) is 24.6. The van der Waals surface area contributed by atoms with Gasteiger partial charge >= 0.3 is 0 Å². The molecule has 0 atom stereocenters. The third kappa shape index (κ3) is 3.20. The molecule has 4 heterocycles. The highest BCUT2D eigenvalue weighted by Gasteiger charge is 2.47. The first-order valence-corrected chi connectivity index (χ1v) is 11.0. The van der Waals surface area contributed by atoms with E-state index in [1.54, 1.807) is 4.68 Å². The number of fused-ring (bicyclic) bond motifs is 1. The fraction of sp³-hybridized carbons (Fsp3) is 0.565. The van der Waals surface area contributed by atoms with Crippen LogP contribution in [0.4, 0.5) is 0 Å². The largest absolute Gasteiger partial charge is 0.342 e. The fourth-order valence-electron chi connectivity index (χ4n) is 4.58. The quantitative estimate of drug-likeness (QED) is 0.659. The summed E-state index contributed by atoms with van der Waals surface area (Å²) in [6.07, 6.45) is 9.77. The molecule has 30 heavy (non-hydrogen) atoms. The zero-order valence-corrected chi connectivity index (χ0v) is 18.3. The topological polar surface area (TPSA) is 68.8 Å². The number of aryl methyl sites for hydroxylation is 1. The highest BCUT2D eigenvalue weighted by molar-refractivity contribution is 5.90. The van der Waals surface area contributed by atoms with Gasteiger partial charge in [0.05, 0.1) is 18.0 Å². The van der Waals surface area contributed by atoms with Crippen molar-refractivity contribution in [2.75, 3.05) is 13.1 Å². The van der Waals surface area contributed by atoms with Gasteiger partial charge in [-0.05, 0) is 45.6 Å². The van der Waals surface area contributed by atoms with E-state index in [0.717, 1.165) is 66.8 Å². The number of carbonyl (C=O) groups is 1. The Morgan fingerprint density at radius 2 is 1.97 bits per heavy atom. The minimum Gasteiger partial charge on any atom is -0.342 e. The van der Waals surface area contributed by atoms with E-state index in [2.05, 4.69) is 41.4 Å². The van der Waals surface area contributed by atoms with Crippen LogP contribution in [0.25, 0.3) is 22.3 Å². The maximum Gasteiger partial charge on any atom is 0.228 e. The van der Waals surface area contributed by atoms with Gasteiger partial charge in [-0.2, -0.15) is 5.10 Å². The summed E-state index contributed by atoms with van der Waals surface area (Å²) in [5.74, 6) is 0.703. The normalized spacial score (nSPS) is 19.0. The molecule has 1 saturated carbocycles. The van der Waals surface area contributed by atoms with Gasteiger partial charge < -0.3 is 9.47 Å². The van der Waals surface area contributed by atoms with E-state index < -0.39 is 0 Å². The Labute approximate surface area is 177 Å². The average molecular weight is 407 g/mol. The second-order valence-electron chi connectivity index (χ2n) is 9.54. The molecular weight excluding hydrogens is 376 g/mol. The number of pyridine rings is 1. The molecule has 7 heteroatoms. The molecular formula is C23H30N6O. The maximum absolute atomic E-state index is 12.7. The lowest BCUT2D eigenvalue weighted by Crippen LogP contribution is -2.41. The lowest BCUT2D eigenvalue weighted by Gasteiger charge is -2.33. The molecule has 2 fully saturated rings. The molecule has 1 aliphatic heterocycles. The molecule has 3 aromatic heterocycles. The molecule has 0 N–H and O–H groups in total. The van der Waals surface area contributed by atoms with Crippen LogP contribution in [0, 0.1) is 5.41 Å².